The molecule has 0 radical (unpaired) electrons. The van der Waals surface area contributed by atoms with E-state index in [-0.39, 0.29) is 0 Å². The monoisotopic (exact) mass is 292 g/mol. The van der Waals surface area contributed by atoms with E-state index in [2.05, 4.69) is 20.9 Å². The van der Waals surface area contributed by atoms with Crippen LogP contribution in [-0.4, -0.2) is 19.1 Å². The molecule has 0 bridgehead atoms. The minimum Gasteiger partial charge on any atom is -0.439 e. The molecule has 0 fully saturated rings. The van der Waals surface area contributed by atoms with E-state index in [1.807, 2.05) is 55.4 Å². The fourth-order valence-electron chi connectivity index (χ4n) is 1.37. The van der Waals surface area contributed by atoms with Crippen molar-refractivity contribution in [2.45, 2.75) is 0 Å². The highest BCUT2D eigenvalue weighted by Gasteiger charge is 2.01. The van der Waals surface area contributed by atoms with Crippen molar-refractivity contribution in [3.63, 3.8) is 0 Å². The molecule has 2 rings (SSSR count). The van der Waals surface area contributed by atoms with Gasteiger partial charge in [0.05, 0.1) is 0 Å². The minimum atomic E-state index is 0.587. The van der Waals surface area contributed by atoms with Gasteiger partial charge in [0.25, 0.3) is 0 Å². The summed E-state index contributed by atoms with van der Waals surface area (Å²) in [6.45, 7) is 0. The van der Waals surface area contributed by atoms with Crippen LogP contribution in [0.1, 0.15) is 0 Å². The second-order valence-electron chi connectivity index (χ2n) is 3.81. The van der Waals surface area contributed by atoms with Gasteiger partial charge in [-0.2, -0.15) is 0 Å². The maximum atomic E-state index is 5.67. The number of rotatable bonds is 3. The lowest BCUT2D eigenvalue weighted by atomic mass is 10.3. The van der Waals surface area contributed by atoms with Crippen LogP contribution < -0.4 is 9.64 Å². The first-order chi connectivity index (χ1) is 8.15. The van der Waals surface area contributed by atoms with E-state index in [9.17, 15) is 0 Å². The number of pyridine rings is 1. The Balaban J connectivity index is 2.18. The fraction of sp³-hybridized carbons (Fsp3) is 0.154. The predicted octanol–water partition coefficient (Wildman–Crippen LogP) is 3.70. The van der Waals surface area contributed by atoms with Crippen molar-refractivity contribution in [1.29, 1.82) is 0 Å². The smallest absolute Gasteiger partial charge is 0.219 e. The highest BCUT2D eigenvalue weighted by Crippen LogP contribution is 2.24. The summed E-state index contributed by atoms with van der Waals surface area (Å²) < 4.78 is 6.60. The summed E-state index contributed by atoms with van der Waals surface area (Å²) in [6, 6.07) is 11.6. The quantitative estimate of drug-likeness (QED) is 0.862. The van der Waals surface area contributed by atoms with Crippen molar-refractivity contribution in [1.82, 2.24) is 4.98 Å². The van der Waals surface area contributed by atoms with Gasteiger partial charge in [0, 0.05) is 42.6 Å². The van der Waals surface area contributed by atoms with Gasteiger partial charge in [0.1, 0.15) is 5.75 Å². The topological polar surface area (TPSA) is 25.4 Å². The molecule has 0 saturated carbocycles. The van der Waals surface area contributed by atoms with Crippen LogP contribution in [0.2, 0.25) is 0 Å². The summed E-state index contributed by atoms with van der Waals surface area (Å²) in [5.74, 6) is 1.37. The zero-order chi connectivity index (χ0) is 12.3. The molecular weight excluding hydrogens is 280 g/mol. The van der Waals surface area contributed by atoms with Gasteiger partial charge in [0.2, 0.25) is 5.88 Å². The van der Waals surface area contributed by atoms with Crippen LogP contribution in [0.25, 0.3) is 0 Å². The molecule has 0 unspecified atom stereocenters. The van der Waals surface area contributed by atoms with E-state index in [0.29, 0.717) is 5.88 Å². The van der Waals surface area contributed by atoms with Gasteiger partial charge in [-0.3, -0.25) is 0 Å². The molecule has 0 saturated heterocycles. The average molecular weight is 293 g/mol. The van der Waals surface area contributed by atoms with Gasteiger partial charge in [-0.1, -0.05) is 6.07 Å². The van der Waals surface area contributed by atoms with Crippen LogP contribution in [0.4, 0.5) is 5.69 Å². The fourth-order valence-corrected chi connectivity index (χ4v) is 1.60. The Labute approximate surface area is 109 Å². The third-order valence-electron chi connectivity index (χ3n) is 2.26. The summed E-state index contributed by atoms with van der Waals surface area (Å²) in [6.07, 6.45) is 1.71. The van der Waals surface area contributed by atoms with Gasteiger partial charge in [0.15, 0.2) is 0 Å². The molecule has 0 aliphatic heterocycles. The molecule has 2 aromatic rings. The number of halogens is 1. The van der Waals surface area contributed by atoms with Crippen molar-refractivity contribution in [2.75, 3.05) is 19.0 Å². The molecule has 0 aliphatic rings. The molecule has 0 N–H and O–H groups in total. The summed E-state index contributed by atoms with van der Waals surface area (Å²) in [7, 11) is 3.99. The second-order valence-corrected chi connectivity index (χ2v) is 4.72. The van der Waals surface area contributed by atoms with E-state index in [1.54, 1.807) is 6.20 Å². The molecule has 1 aromatic heterocycles. The van der Waals surface area contributed by atoms with Crippen LogP contribution in [0.5, 0.6) is 11.6 Å². The van der Waals surface area contributed by atoms with Crippen LogP contribution in [0.3, 0.4) is 0 Å². The predicted molar refractivity (Wildman–Crippen MR) is 72.8 cm³/mol. The van der Waals surface area contributed by atoms with Gasteiger partial charge >= 0.3 is 0 Å². The number of benzene rings is 1. The molecule has 88 valence electrons. The van der Waals surface area contributed by atoms with E-state index < -0.39 is 0 Å². The summed E-state index contributed by atoms with van der Waals surface area (Å²) in [5.41, 5.74) is 1.10. The zero-order valence-corrected chi connectivity index (χ0v) is 11.3. The number of aromatic nitrogens is 1. The van der Waals surface area contributed by atoms with Gasteiger partial charge in [-0.25, -0.2) is 4.98 Å². The summed E-state index contributed by atoms with van der Waals surface area (Å²) in [5, 5.41) is 0. The van der Waals surface area contributed by atoms with E-state index >= 15 is 0 Å². The van der Waals surface area contributed by atoms with Crippen LogP contribution in [-0.2, 0) is 0 Å². The Morgan fingerprint density at radius 3 is 2.65 bits per heavy atom. The summed E-state index contributed by atoms with van der Waals surface area (Å²) in [4.78, 5) is 6.20. The second kappa shape index (κ2) is 5.19. The van der Waals surface area contributed by atoms with Gasteiger partial charge < -0.3 is 9.64 Å². The maximum absolute atomic E-state index is 5.67. The molecule has 17 heavy (non-hydrogen) atoms. The largest absolute Gasteiger partial charge is 0.439 e. The Kier molecular flexibility index (Phi) is 3.64. The first-order valence-corrected chi connectivity index (χ1v) is 6.01. The highest BCUT2D eigenvalue weighted by atomic mass is 79.9. The van der Waals surface area contributed by atoms with Gasteiger partial charge in [-0.15, -0.1) is 0 Å². The van der Waals surface area contributed by atoms with E-state index in [4.69, 9.17) is 4.74 Å². The standard InChI is InChI=1S/C13H13BrN2O/c1-16(2)11-4-3-5-12(8-11)17-13-7-6-10(14)9-15-13/h3-9H,1-2H3. The third kappa shape index (κ3) is 3.20. The van der Waals surface area contributed by atoms with Gasteiger partial charge in [-0.05, 0) is 34.1 Å². The summed E-state index contributed by atoms with van der Waals surface area (Å²) >= 11 is 3.34. The highest BCUT2D eigenvalue weighted by molar-refractivity contribution is 9.10. The first-order valence-electron chi connectivity index (χ1n) is 5.22. The lowest BCUT2D eigenvalue weighted by molar-refractivity contribution is 0.463. The SMILES string of the molecule is CN(C)c1cccc(Oc2ccc(Br)cn2)c1. The molecule has 0 aliphatic carbocycles. The first kappa shape index (κ1) is 11.9. The van der Waals surface area contributed by atoms with E-state index in [1.165, 1.54) is 0 Å². The van der Waals surface area contributed by atoms with Crippen LogP contribution in [0.15, 0.2) is 47.1 Å². The van der Waals surface area contributed by atoms with Crippen molar-refractivity contribution < 1.29 is 4.74 Å². The Bertz CT molecular complexity index is 497. The van der Waals surface area contributed by atoms with Crippen molar-refractivity contribution in [3.8, 4) is 11.6 Å². The molecule has 3 nitrogen and oxygen atoms in total. The number of hydrogen-bond acceptors (Lipinski definition) is 3. The Morgan fingerprint density at radius 1 is 1.18 bits per heavy atom. The van der Waals surface area contributed by atoms with Crippen LogP contribution >= 0.6 is 15.9 Å². The number of nitrogens with zero attached hydrogens (tertiary/aromatic N) is 2. The lowest BCUT2D eigenvalue weighted by Gasteiger charge is -2.13. The van der Waals surface area contributed by atoms with Crippen molar-refractivity contribution in [2.24, 2.45) is 0 Å². The number of anilines is 1. The third-order valence-corrected chi connectivity index (χ3v) is 2.73. The number of ether oxygens (including phenoxy) is 1. The van der Waals surface area contributed by atoms with Crippen molar-refractivity contribution >= 4 is 21.6 Å². The Hall–Kier alpha value is -1.55. The average Bonchev–Trinajstić information content (AvgIpc) is 2.32. The minimum absolute atomic E-state index is 0.587. The Morgan fingerprint density at radius 2 is 2.00 bits per heavy atom. The van der Waals surface area contributed by atoms with Crippen LogP contribution in [0, 0.1) is 0 Å². The molecule has 1 heterocycles. The van der Waals surface area contributed by atoms with E-state index in [0.717, 1.165) is 15.9 Å². The molecular formula is C13H13BrN2O. The normalized spacial score (nSPS) is 10.1. The zero-order valence-electron chi connectivity index (χ0n) is 9.72. The maximum Gasteiger partial charge on any atom is 0.219 e. The van der Waals surface area contributed by atoms with Crippen molar-refractivity contribution in [3.05, 3.63) is 47.1 Å². The number of hydrogen-bond donors (Lipinski definition) is 0. The molecule has 0 spiro atoms. The molecule has 1 aromatic carbocycles. The molecule has 0 atom stereocenters. The molecule has 4 heteroatoms. The molecule has 0 amide bonds. The lowest BCUT2D eigenvalue weighted by Crippen LogP contribution is -2.08.